The summed E-state index contributed by atoms with van der Waals surface area (Å²) in [6.07, 6.45) is 5.86. The average molecular weight is 292 g/mol. The Morgan fingerprint density at radius 3 is 3.00 bits per heavy atom. The van der Waals surface area contributed by atoms with Gasteiger partial charge in [-0.25, -0.2) is 0 Å². The van der Waals surface area contributed by atoms with E-state index in [1.807, 2.05) is 6.92 Å². The van der Waals surface area contributed by atoms with Crippen molar-refractivity contribution in [2.75, 3.05) is 6.61 Å². The van der Waals surface area contributed by atoms with Gasteiger partial charge in [-0.1, -0.05) is 0 Å². The minimum Gasteiger partial charge on any atom is -0.374 e. The zero-order chi connectivity index (χ0) is 9.31. The second-order valence-corrected chi connectivity index (χ2v) is 5.30. The number of alkyl halides is 1. The van der Waals surface area contributed by atoms with Crippen LogP contribution in [0.1, 0.15) is 26.2 Å². The van der Waals surface area contributed by atoms with Gasteiger partial charge >= 0.3 is 0 Å². The minimum absolute atomic E-state index is 0.220. The molecule has 72 valence electrons. The van der Waals surface area contributed by atoms with Gasteiger partial charge in [-0.2, -0.15) is 10.2 Å². The number of hydrogen-bond acceptors (Lipinski definition) is 3. The van der Waals surface area contributed by atoms with Crippen molar-refractivity contribution in [1.29, 1.82) is 0 Å². The highest BCUT2D eigenvalue weighted by Gasteiger charge is 2.38. The molecule has 2 atom stereocenters. The van der Waals surface area contributed by atoms with Crippen molar-refractivity contribution in [2.24, 2.45) is 10.2 Å². The first-order chi connectivity index (χ1) is 6.21. The summed E-state index contributed by atoms with van der Waals surface area (Å²) in [5, 5.41) is 8.33. The monoisotopic (exact) mass is 292 g/mol. The molecule has 2 aliphatic rings. The molecule has 0 aliphatic carbocycles. The van der Waals surface area contributed by atoms with E-state index in [0.717, 1.165) is 18.7 Å². The SMILES string of the molecule is CC1=CC(I)([C@@H]2CCCCO2)N=N1. The summed E-state index contributed by atoms with van der Waals surface area (Å²) in [4.78, 5) is 0. The van der Waals surface area contributed by atoms with Crippen LogP contribution in [0.25, 0.3) is 0 Å². The van der Waals surface area contributed by atoms with Crippen LogP contribution in [0, 0.1) is 0 Å². The highest BCUT2D eigenvalue weighted by molar-refractivity contribution is 14.1. The predicted octanol–water partition coefficient (Wildman–Crippen LogP) is 3.06. The number of azo groups is 1. The van der Waals surface area contributed by atoms with Crippen LogP contribution >= 0.6 is 22.6 Å². The quantitative estimate of drug-likeness (QED) is 0.415. The second kappa shape index (κ2) is 3.65. The minimum atomic E-state index is -0.220. The maximum Gasteiger partial charge on any atom is 0.178 e. The Kier molecular flexibility index (Phi) is 2.69. The molecule has 0 aromatic carbocycles. The van der Waals surface area contributed by atoms with Crippen LogP contribution in [0.4, 0.5) is 0 Å². The maximum absolute atomic E-state index is 5.71. The van der Waals surface area contributed by atoms with Gasteiger partial charge in [0.2, 0.25) is 0 Å². The van der Waals surface area contributed by atoms with Crippen LogP contribution in [-0.2, 0) is 4.74 Å². The Hall–Kier alpha value is 0.0300. The molecule has 4 heteroatoms. The molecule has 0 amide bonds. The first kappa shape index (κ1) is 9.58. The smallest absolute Gasteiger partial charge is 0.178 e. The first-order valence-electron chi connectivity index (χ1n) is 4.63. The van der Waals surface area contributed by atoms with Crippen LogP contribution in [0.5, 0.6) is 0 Å². The van der Waals surface area contributed by atoms with Crippen molar-refractivity contribution in [2.45, 2.75) is 35.8 Å². The van der Waals surface area contributed by atoms with E-state index in [0.29, 0.717) is 0 Å². The Balaban J connectivity index is 2.11. The third-order valence-corrected chi connectivity index (χ3v) is 3.63. The number of ether oxygens (including phenoxy) is 1. The number of halogens is 1. The van der Waals surface area contributed by atoms with Gasteiger partial charge in [0.25, 0.3) is 0 Å². The van der Waals surface area contributed by atoms with Crippen LogP contribution in [0.2, 0.25) is 0 Å². The average Bonchev–Trinajstić information content (AvgIpc) is 2.49. The molecule has 1 fully saturated rings. The molecule has 0 aromatic heterocycles. The Bertz CT molecular complexity index is 258. The third kappa shape index (κ3) is 1.93. The van der Waals surface area contributed by atoms with Crippen molar-refractivity contribution in [3.8, 4) is 0 Å². The summed E-state index contributed by atoms with van der Waals surface area (Å²) in [6.45, 7) is 2.85. The van der Waals surface area contributed by atoms with Gasteiger partial charge in [0.05, 0.1) is 11.8 Å². The zero-order valence-corrected chi connectivity index (χ0v) is 9.82. The summed E-state index contributed by atoms with van der Waals surface area (Å²) < 4.78 is 5.49. The number of rotatable bonds is 1. The van der Waals surface area contributed by atoms with E-state index in [1.54, 1.807) is 0 Å². The van der Waals surface area contributed by atoms with Crippen molar-refractivity contribution < 1.29 is 4.74 Å². The van der Waals surface area contributed by atoms with Crippen molar-refractivity contribution in [1.82, 2.24) is 0 Å². The maximum atomic E-state index is 5.71. The van der Waals surface area contributed by atoms with Crippen LogP contribution in [-0.4, -0.2) is 16.3 Å². The molecular weight excluding hydrogens is 279 g/mol. The summed E-state index contributed by atoms with van der Waals surface area (Å²) in [5.41, 5.74) is 1.00. The largest absolute Gasteiger partial charge is 0.374 e. The van der Waals surface area contributed by atoms with E-state index in [2.05, 4.69) is 38.9 Å². The summed E-state index contributed by atoms with van der Waals surface area (Å²) in [7, 11) is 0. The lowest BCUT2D eigenvalue weighted by Gasteiger charge is -2.30. The van der Waals surface area contributed by atoms with Gasteiger partial charge in [-0.15, -0.1) is 0 Å². The molecule has 13 heavy (non-hydrogen) atoms. The lowest BCUT2D eigenvalue weighted by molar-refractivity contribution is 0.00581. The third-order valence-electron chi connectivity index (χ3n) is 2.40. The van der Waals surface area contributed by atoms with Gasteiger partial charge in [0, 0.05) is 6.61 Å². The molecule has 0 N–H and O–H groups in total. The van der Waals surface area contributed by atoms with E-state index in [1.165, 1.54) is 12.8 Å². The Morgan fingerprint density at radius 1 is 1.62 bits per heavy atom. The molecule has 2 heterocycles. The van der Waals surface area contributed by atoms with E-state index < -0.39 is 0 Å². The molecule has 0 radical (unpaired) electrons. The van der Waals surface area contributed by atoms with Gasteiger partial charge < -0.3 is 4.74 Å². The van der Waals surface area contributed by atoms with Gasteiger partial charge in [0.1, 0.15) is 0 Å². The highest BCUT2D eigenvalue weighted by atomic mass is 127. The van der Waals surface area contributed by atoms with Crippen LogP contribution in [0.3, 0.4) is 0 Å². The fraction of sp³-hybridized carbons (Fsp3) is 0.778. The number of nitrogens with zero attached hydrogens (tertiary/aromatic N) is 2. The van der Waals surface area contributed by atoms with Crippen molar-refractivity contribution in [3.05, 3.63) is 11.8 Å². The summed E-state index contributed by atoms with van der Waals surface area (Å²) in [5.74, 6) is 0. The molecule has 1 unspecified atom stereocenters. The van der Waals surface area contributed by atoms with Gasteiger partial charge in [-0.3, -0.25) is 0 Å². The number of allylic oxidation sites excluding steroid dienone is 1. The van der Waals surface area contributed by atoms with Crippen molar-refractivity contribution >= 4 is 22.6 Å². The fourth-order valence-corrected chi connectivity index (χ4v) is 2.77. The van der Waals surface area contributed by atoms with Gasteiger partial charge in [-0.05, 0) is 54.9 Å². The number of hydrogen-bond donors (Lipinski definition) is 0. The standard InChI is InChI=1S/C9H13IN2O/c1-7-6-9(10,12-11-7)8-4-2-3-5-13-8/h6,8H,2-5H2,1H3/t8-,9?/m0/s1. The Labute approximate surface area is 91.8 Å². The molecule has 0 saturated carbocycles. The van der Waals surface area contributed by atoms with E-state index in [4.69, 9.17) is 4.74 Å². The predicted molar refractivity (Wildman–Crippen MR) is 59.0 cm³/mol. The zero-order valence-electron chi connectivity index (χ0n) is 7.66. The molecule has 0 bridgehead atoms. The second-order valence-electron chi connectivity index (χ2n) is 3.57. The van der Waals surface area contributed by atoms with Crippen LogP contribution in [0.15, 0.2) is 22.0 Å². The fourth-order valence-electron chi connectivity index (χ4n) is 1.72. The normalized spacial score (nSPS) is 39.2. The van der Waals surface area contributed by atoms with Crippen LogP contribution < -0.4 is 0 Å². The van der Waals surface area contributed by atoms with Crippen molar-refractivity contribution in [3.63, 3.8) is 0 Å². The van der Waals surface area contributed by atoms with E-state index in [9.17, 15) is 0 Å². The molecule has 2 aliphatic heterocycles. The van der Waals surface area contributed by atoms with Gasteiger partial charge in [0.15, 0.2) is 3.55 Å². The Morgan fingerprint density at radius 2 is 2.46 bits per heavy atom. The van der Waals surface area contributed by atoms with E-state index in [-0.39, 0.29) is 9.65 Å². The lowest BCUT2D eigenvalue weighted by atomic mass is 10.0. The first-order valence-corrected chi connectivity index (χ1v) is 5.71. The molecule has 0 spiro atoms. The molecule has 2 rings (SSSR count). The topological polar surface area (TPSA) is 34.0 Å². The highest BCUT2D eigenvalue weighted by Crippen LogP contribution is 2.38. The molecule has 0 aromatic rings. The molecule has 3 nitrogen and oxygen atoms in total. The molecular formula is C9H13IN2O. The summed E-state index contributed by atoms with van der Waals surface area (Å²) >= 11 is 2.34. The molecule has 1 saturated heterocycles. The summed E-state index contributed by atoms with van der Waals surface area (Å²) in [6, 6.07) is 0. The van der Waals surface area contributed by atoms with E-state index >= 15 is 0 Å². The lowest BCUT2D eigenvalue weighted by Crippen LogP contribution is -2.36.